The molecule has 0 aromatic carbocycles. The molecule has 20 atom stereocenters. The minimum absolute atomic E-state index is 0.0140. The van der Waals surface area contributed by atoms with Gasteiger partial charge in [-0.25, -0.2) is 0 Å². The lowest BCUT2D eigenvalue weighted by Gasteiger charge is -2.73. The second-order valence-electron chi connectivity index (χ2n) is 19.5. The summed E-state index contributed by atoms with van der Waals surface area (Å²) in [6.07, 6.45) is -3.90. The second kappa shape index (κ2) is 13.7. The number of aliphatic hydroxyl groups excluding tert-OH is 6. The van der Waals surface area contributed by atoms with Crippen molar-refractivity contribution in [1.82, 2.24) is 0 Å². The van der Waals surface area contributed by atoms with Crippen molar-refractivity contribution in [3.8, 4) is 0 Å². The highest BCUT2D eigenvalue weighted by molar-refractivity contribution is 5.76. The number of aliphatic hydroxyl groups is 6. The first-order valence-electron chi connectivity index (χ1n) is 20.3. The molecule has 0 amide bonds. The van der Waals surface area contributed by atoms with Crippen LogP contribution in [0.1, 0.15) is 106 Å². The van der Waals surface area contributed by atoms with Crippen molar-refractivity contribution in [2.75, 3.05) is 13.2 Å². The average Bonchev–Trinajstić information content (AvgIpc) is 3.52. The molecule has 0 radical (unpaired) electrons. The Balaban J connectivity index is 1.14. The molecule has 2 heterocycles. The quantitative estimate of drug-likeness (QED) is 0.148. The number of allylic oxidation sites excluding steroid dienone is 1. The van der Waals surface area contributed by atoms with Gasteiger partial charge in [0.05, 0.1) is 30.8 Å². The molecule has 7 N–H and O–H groups in total. The van der Waals surface area contributed by atoms with Crippen molar-refractivity contribution in [1.29, 1.82) is 0 Å². The number of ether oxygens (including phenoxy) is 4. The number of carboxylic acid groups (broad SMARTS) is 1. The van der Waals surface area contributed by atoms with Crippen LogP contribution in [0.5, 0.6) is 0 Å². The Hall–Kier alpha value is -1.19. The summed E-state index contributed by atoms with van der Waals surface area (Å²) in [7, 11) is 0. The summed E-state index contributed by atoms with van der Waals surface area (Å²) in [5.74, 6) is 0.490. The Bertz CT molecular complexity index is 1410. The lowest BCUT2D eigenvalue weighted by atomic mass is 9.32. The van der Waals surface area contributed by atoms with E-state index in [2.05, 4.69) is 41.2 Å². The first-order valence-corrected chi connectivity index (χ1v) is 20.3. The van der Waals surface area contributed by atoms with Crippen LogP contribution in [-0.4, -0.2) is 116 Å². The highest BCUT2D eigenvalue weighted by atomic mass is 16.8. The van der Waals surface area contributed by atoms with Gasteiger partial charge in [-0.15, -0.1) is 0 Å². The fourth-order valence-corrected chi connectivity index (χ4v) is 14.2. The lowest BCUT2D eigenvalue weighted by molar-refractivity contribution is -0.366. The summed E-state index contributed by atoms with van der Waals surface area (Å²) in [5.41, 5.74) is -0.394. The fraction of sp³-hybridized carbons (Fsp3) is 0.927. The van der Waals surface area contributed by atoms with Crippen LogP contribution in [0.3, 0.4) is 0 Å². The van der Waals surface area contributed by atoms with E-state index in [1.54, 1.807) is 0 Å². The summed E-state index contributed by atoms with van der Waals surface area (Å²) in [6, 6.07) is 0. The molecule has 2 saturated heterocycles. The van der Waals surface area contributed by atoms with Crippen LogP contribution in [0.15, 0.2) is 12.2 Å². The molecule has 5 aliphatic carbocycles. The van der Waals surface area contributed by atoms with Gasteiger partial charge in [-0.2, -0.15) is 0 Å². The first-order chi connectivity index (χ1) is 24.8. The molecule has 7 fully saturated rings. The standard InChI is InChI=1S/C41H66O12/c1-20(2)22-10-15-41(36(48)49)17-16-39(6)23(28(22)41)8-9-26-37(4)13-12-27(38(5,19-42)25(37)11-14-40(26,39)7)52-35-33(30(45)24(43)18-50-35)53-34-32(47)31(46)29(44)21(3)51-34/h21-35,42-47H,1,8-19H2,2-7H3,(H,48,49)/t21-,22-,23?,24-,25?,26?,27-,28?,29-,30-,31+,32+,33+,34-,35-,37-,38-,39+,40+,41-/m0/s1. The van der Waals surface area contributed by atoms with Gasteiger partial charge >= 0.3 is 5.97 Å². The highest BCUT2D eigenvalue weighted by Gasteiger charge is 2.72. The molecular formula is C41H66O12. The summed E-state index contributed by atoms with van der Waals surface area (Å²) >= 11 is 0. The van der Waals surface area contributed by atoms with Gasteiger partial charge in [0, 0.05) is 5.41 Å². The molecule has 7 aliphatic rings. The Morgan fingerprint density at radius 2 is 1.51 bits per heavy atom. The number of carbonyl (C=O) groups is 1. The van der Waals surface area contributed by atoms with Crippen LogP contribution in [0, 0.1) is 56.7 Å². The lowest BCUT2D eigenvalue weighted by Crippen LogP contribution is -2.68. The number of hydrogen-bond donors (Lipinski definition) is 7. The van der Waals surface area contributed by atoms with Crippen LogP contribution >= 0.6 is 0 Å². The molecule has 0 aromatic rings. The topological polar surface area (TPSA) is 196 Å². The minimum atomic E-state index is -1.62. The largest absolute Gasteiger partial charge is 0.481 e. The number of aliphatic carboxylic acids is 1. The van der Waals surface area contributed by atoms with E-state index < -0.39 is 78.2 Å². The van der Waals surface area contributed by atoms with Crippen molar-refractivity contribution in [2.24, 2.45) is 56.7 Å². The monoisotopic (exact) mass is 750 g/mol. The Labute approximate surface area is 314 Å². The van der Waals surface area contributed by atoms with E-state index in [1.807, 2.05) is 0 Å². The fourth-order valence-electron chi connectivity index (χ4n) is 14.2. The maximum atomic E-state index is 13.0. The van der Waals surface area contributed by atoms with Gasteiger partial charge in [-0.3, -0.25) is 4.79 Å². The second-order valence-corrected chi connectivity index (χ2v) is 19.5. The Kier molecular flexibility index (Phi) is 10.4. The minimum Gasteiger partial charge on any atom is -0.481 e. The first kappa shape index (κ1) is 40.0. The van der Waals surface area contributed by atoms with Crippen LogP contribution in [0.25, 0.3) is 0 Å². The molecule has 0 spiro atoms. The van der Waals surface area contributed by atoms with E-state index in [9.17, 15) is 40.5 Å². The number of hydrogen-bond acceptors (Lipinski definition) is 11. The smallest absolute Gasteiger partial charge is 0.309 e. The summed E-state index contributed by atoms with van der Waals surface area (Å²) in [4.78, 5) is 13.0. The van der Waals surface area contributed by atoms with E-state index in [0.29, 0.717) is 24.7 Å². The van der Waals surface area contributed by atoms with Gasteiger partial charge in [0.25, 0.3) is 0 Å². The SMILES string of the molecule is C=C(C)[C@@H]1CC[C@]2(C(=O)O)CC[C@]3(C)C(CCC4[C@@]5(C)CC[C@H](O[C@@H]6OC[C@H](O)[C@H](O)[C@H]6O[C@@H]6O[C@@H](C)[C@H](O)[C@@H](O)[C@H]6O)[C@@](C)(CO)C5CC[C@]43C)C12. The number of carboxylic acids is 1. The molecule has 53 heavy (non-hydrogen) atoms. The molecule has 7 rings (SSSR count). The Morgan fingerprint density at radius 3 is 2.17 bits per heavy atom. The van der Waals surface area contributed by atoms with E-state index in [-0.39, 0.29) is 47.2 Å². The van der Waals surface area contributed by atoms with Crippen molar-refractivity contribution >= 4 is 5.97 Å². The normalized spacial score (nSPS) is 56.7. The average molecular weight is 751 g/mol. The number of rotatable bonds is 7. The molecule has 0 bridgehead atoms. The zero-order chi connectivity index (χ0) is 38.6. The van der Waals surface area contributed by atoms with Gasteiger partial charge in [-0.05, 0) is 124 Å². The van der Waals surface area contributed by atoms with Crippen LogP contribution < -0.4 is 0 Å². The molecule has 302 valence electrons. The number of fused-ring (bicyclic) bond motifs is 7. The van der Waals surface area contributed by atoms with E-state index >= 15 is 0 Å². The molecule has 2 aliphatic heterocycles. The van der Waals surface area contributed by atoms with Gasteiger partial charge in [0.1, 0.15) is 36.6 Å². The van der Waals surface area contributed by atoms with Crippen molar-refractivity contribution in [2.45, 2.75) is 167 Å². The predicted octanol–water partition coefficient (Wildman–Crippen LogP) is 3.38. The van der Waals surface area contributed by atoms with E-state index in [0.717, 1.165) is 56.9 Å². The third kappa shape index (κ3) is 5.69. The molecular weight excluding hydrogens is 684 g/mol. The van der Waals surface area contributed by atoms with Gasteiger partial charge in [0.2, 0.25) is 0 Å². The highest BCUT2D eigenvalue weighted by Crippen LogP contribution is 2.77. The predicted molar refractivity (Wildman–Crippen MR) is 192 cm³/mol. The third-order valence-electron chi connectivity index (χ3n) is 17.4. The van der Waals surface area contributed by atoms with E-state index in [1.165, 1.54) is 6.92 Å². The maximum Gasteiger partial charge on any atom is 0.309 e. The summed E-state index contributed by atoms with van der Waals surface area (Å²) < 4.78 is 24.3. The van der Waals surface area contributed by atoms with Gasteiger partial charge in [-0.1, -0.05) is 39.8 Å². The molecule has 12 nitrogen and oxygen atoms in total. The Morgan fingerprint density at radius 1 is 0.792 bits per heavy atom. The summed E-state index contributed by atoms with van der Waals surface area (Å²) in [6.45, 7) is 17.1. The van der Waals surface area contributed by atoms with Crippen molar-refractivity contribution < 1.29 is 59.5 Å². The zero-order valence-electron chi connectivity index (χ0n) is 32.5. The zero-order valence-corrected chi connectivity index (χ0v) is 32.5. The van der Waals surface area contributed by atoms with Crippen LogP contribution in [0.2, 0.25) is 0 Å². The summed E-state index contributed by atoms with van der Waals surface area (Å²) in [5, 5.41) is 74.9. The molecule has 0 aromatic heterocycles. The van der Waals surface area contributed by atoms with Crippen LogP contribution in [0.4, 0.5) is 0 Å². The van der Waals surface area contributed by atoms with E-state index in [4.69, 9.17) is 18.9 Å². The van der Waals surface area contributed by atoms with Crippen molar-refractivity contribution in [3.05, 3.63) is 12.2 Å². The molecule has 12 heteroatoms. The molecule has 4 unspecified atom stereocenters. The van der Waals surface area contributed by atoms with Gasteiger partial charge < -0.3 is 54.7 Å². The third-order valence-corrected chi connectivity index (χ3v) is 17.4. The maximum absolute atomic E-state index is 13.0. The van der Waals surface area contributed by atoms with Gasteiger partial charge in [0.15, 0.2) is 12.6 Å². The molecule has 5 saturated carbocycles. The van der Waals surface area contributed by atoms with Crippen LogP contribution in [-0.2, 0) is 23.7 Å². The van der Waals surface area contributed by atoms with Crippen molar-refractivity contribution in [3.63, 3.8) is 0 Å².